The Bertz CT molecular complexity index is 785. The van der Waals surface area contributed by atoms with Crippen LogP contribution < -0.4 is 0 Å². The summed E-state index contributed by atoms with van der Waals surface area (Å²) in [5.74, 6) is 0.0145. The summed E-state index contributed by atoms with van der Waals surface area (Å²) >= 11 is 9.23. The van der Waals surface area contributed by atoms with Crippen LogP contribution in [0.25, 0.3) is 11.0 Å². The van der Waals surface area contributed by atoms with Gasteiger partial charge in [-0.3, -0.25) is 0 Å². The molecule has 0 spiro atoms. The molecule has 1 N–H and O–H groups in total. The van der Waals surface area contributed by atoms with Crippen molar-refractivity contribution in [2.45, 2.75) is 6.10 Å². The summed E-state index contributed by atoms with van der Waals surface area (Å²) in [7, 11) is 0. The molecule has 102 valence electrons. The molecule has 2 nitrogen and oxygen atoms in total. The average molecular weight is 356 g/mol. The molecule has 3 aromatic rings. The lowest BCUT2D eigenvalue weighted by Crippen LogP contribution is -1.98. The van der Waals surface area contributed by atoms with Gasteiger partial charge in [0.1, 0.15) is 23.3 Å². The van der Waals surface area contributed by atoms with Crippen LogP contribution in [0.3, 0.4) is 0 Å². The molecule has 2 aromatic carbocycles. The molecule has 0 aliphatic carbocycles. The lowest BCUT2D eigenvalue weighted by molar-refractivity contribution is 0.191. The number of hydrogen-bond acceptors (Lipinski definition) is 2. The van der Waals surface area contributed by atoms with Crippen LogP contribution in [-0.2, 0) is 0 Å². The molecule has 0 aliphatic rings. The number of benzene rings is 2. The number of halogens is 3. The molecule has 0 saturated heterocycles. The van der Waals surface area contributed by atoms with Crippen molar-refractivity contribution in [1.82, 2.24) is 0 Å². The van der Waals surface area contributed by atoms with E-state index in [2.05, 4.69) is 15.9 Å². The van der Waals surface area contributed by atoms with Crippen molar-refractivity contribution < 1.29 is 13.9 Å². The van der Waals surface area contributed by atoms with E-state index >= 15 is 0 Å². The predicted molar refractivity (Wildman–Crippen MR) is 79.4 cm³/mol. The van der Waals surface area contributed by atoms with Gasteiger partial charge in [0.25, 0.3) is 0 Å². The highest BCUT2D eigenvalue weighted by atomic mass is 79.9. The van der Waals surface area contributed by atoms with E-state index in [0.29, 0.717) is 31.8 Å². The van der Waals surface area contributed by atoms with Crippen molar-refractivity contribution in [3.8, 4) is 0 Å². The monoisotopic (exact) mass is 354 g/mol. The Hall–Kier alpha value is -1.36. The lowest BCUT2D eigenvalue weighted by Gasteiger charge is -2.10. The zero-order valence-electron chi connectivity index (χ0n) is 10.1. The lowest BCUT2D eigenvalue weighted by atomic mass is 10.1. The minimum atomic E-state index is -0.947. The molecule has 1 heterocycles. The molecular formula is C15H9BrClFO2. The van der Waals surface area contributed by atoms with Crippen molar-refractivity contribution in [1.29, 1.82) is 0 Å². The Morgan fingerprint density at radius 1 is 1.15 bits per heavy atom. The molecule has 20 heavy (non-hydrogen) atoms. The SMILES string of the molecule is OC(c1cc2cc(F)ccc2o1)c1ccc(Cl)cc1Br. The normalized spacial score (nSPS) is 12.8. The van der Waals surface area contributed by atoms with Crippen molar-refractivity contribution >= 4 is 38.5 Å². The zero-order chi connectivity index (χ0) is 14.3. The van der Waals surface area contributed by atoms with Crippen molar-refractivity contribution in [2.24, 2.45) is 0 Å². The molecule has 0 amide bonds. The molecule has 1 aromatic heterocycles. The highest BCUT2D eigenvalue weighted by Crippen LogP contribution is 2.33. The molecule has 0 aliphatic heterocycles. The number of aliphatic hydroxyl groups excluding tert-OH is 1. The molecule has 3 rings (SSSR count). The van der Waals surface area contributed by atoms with E-state index < -0.39 is 6.10 Å². The summed E-state index contributed by atoms with van der Waals surface area (Å²) in [5.41, 5.74) is 1.17. The van der Waals surface area contributed by atoms with Crippen LogP contribution in [0.15, 0.2) is 51.4 Å². The highest BCUT2D eigenvalue weighted by molar-refractivity contribution is 9.10. The fourth-order valence-corrected chi connectivity index (χ4v) is 2.95. The van der Waals surface area contributed by atoms with Gasteiger partial charge in [0.05, 0.1) is 0 Å². The number of rotatable bonds is 2. The average Bonchev–Trinajstić information content (AvgIpc) is 2.81. The molecule has 0 saturated carbocycles. The maximum atomic E-state index is 13.2. The van der Waals surface area contributed by atoms with Crippen LogP contribution in [-0.4, -0.2) is 5.11 Å². The van der Waals surface area contributed by atoms with Crippen LogP contribution in [0.1, 0.15) is 17.4 Å². The third kappa shape index (κ3) is 2.46. The Balaban J connectivity index is 2.05. The Morgan fingerprint density at radius 2 is 1.95 bits per heavy atom. The molecule has 5 heteroatoms. The third-order valence-electron chi connectivity index (χ3n) is 3.02. The topological polar surface area (TPSA) is 33.4 Å². The minimum absolute atomic E-state index is 0.341. The summed E-state index contributed by atoms with van der Waals surface area (Å²) < 4.78 is 19.4. The second kappa shape index (κ2) is 5.20. The van der Waals surface area contributed by atoms with Gasteiger partial charge in [-0.25, -0.2) is 4.39 Å². The third-order valence-corrected chi connectivity index (χ3v) is 3.95. The number of aliphatic hydroxyl groups is 1. The van der Waals surface area contributed by atoms with Gasteiger partial charge in [0.15, 0.2) is 0 Å². The van der Waals surface area contributed by atoms with Crippen LogP contribution in [0, 0.1) is 5.82 Å². The van der Waals surface area contributed by atoms with Gasteiger partial charge in [-0.2, -0.15) is 0 Å². The first-order valence-electron chi connectivity index (χ1n) is 5.86. The Labute approximate surface area is 127 Å². The van der Waals surface area contributed by atoms with Crippen LogP contribution in [0.2, 0.25) is 5.02 Å². The van der Waals surface area contributed by atoms with Crippen molar-refractivity contribution in [3.63, 3.8) is 0 Å². The number of hydrogen-bond donors (Lipinski definition) is 1. The van der Waals surface area contributed by atoms with Gasteiger partial charge < -0.3 is 9.52 Å². The first kappa shape index (κ1) is 13.6. The predicted octanol–water partition coefficient (Wildman–Crippen LogP) is 5.07. The van der Waals surface area contributed by atoms with E-state index in [1.165, 1.54) is 18.2 Å². The molecule has 1 atom stereocenters. The number of fused-ring (bicyclic) bond motifs is 1. The number of furan rings is 1. The Kier molecular flexibility index (Phi) is 3.54. The van der Waals surface area contributed by atoms with Gasteiger partial charge in [-0.1, -0.05) is 33.6 Å². The Morgan fingerprint density at radius 3 is 2.70 bits per heavy atom. The highest BCUT2D eigenvalue weighted by Gasteiger charge is 2.18. The van der Waals surface area contributed by atoms with Gasteiger partial charge >= 0.3 is 0 Å². The van der Waals surface area contributed by atoms with E-state index in [1.807, 2.05) is 0 Å². The zero-order valence-corrected chi connectivity index (χ0v) is 12.5. The van der Waals surface area contributed by atoms with E-state index in [1.54, 1.807) is 24.3 Å². The fraction of sp³-hybridized carbons (Fsp3) is 0.0667. The molecule has 1 unspecified atom stereocenters. The summed E-state index contributed by atoms with van der Waals surface area (Å²) in [6.45, 7) is 0. The van der Waals surface area contributed by atoms with Gasteiger partial charge in [0, 0.05) is 20.4 Å². The summed E-state index contributed by atoms with van der Waals surface area (Å²) in [4.78, 5) is 0. The van der Waals surface area contributed by atoms with E-state index in [0.717, 1.165) is 0 Å². The molecule has 0 bridgehead atoms. The van der Waals surface area contributed by atoms with Crippen LogP contribution in [0.5, 0.6) is 0 Å². The fourth-order valence-electron chi connectivity index (χ4n) is 2.05. The van der Waals surface area contributed by atoms with E-state index in [-0.39, 0.29) is 5.82 Å². The molecule has 0 fully saturated rings. The van der Waals surface area contributed by atoms with Crippen molar-refractivity contribution in [2.75, 3.05) is 0 Å². The smallest absolute Gasteiger partial charge is 0.138 e. The largest absolute Gasteiger partial charge is 0.458 e. The summed E-state index contributed by atoms with van der Waals surface area (Å²) in [5, 5.41) is 11.6. The maximum Gasteiger partial charge on any atom is 0.138 e. The summed E-state index contributed by atoms with van der Waals surface area (Å²) in [6.07, 6.45) is -0.947. The first-order valence-corrected chi connectivity index (χ1v) is 7.04. The van der Waals surface area contributed by atoms with Crippen LogP contribution >= 0.6 is 27.5 Å². The second-order valence-corrected chi connectivity index (χ2v) is 5.69. The summed E-state index contributed by atoms with van der Waals surface area (Å²) in [6, 6.07) is 11.0. The van der Waals surface area contributed by atoms with Gasteiger partial charge in [-0.15, -0.1) is 0 Å². The van der Waals surface area contributed by atoms with Gasteiger partial charge in [-0.05, 0) is 36.4 Å². The minimum Gasteiger partial charge on any atom is -0.458 e. The molecule has 0 radical (unpaired) electrons. The van der Waals surface area contributed by atoms with E-state index in [4.69, 9.17) is 16.0 Å². The second-order valence-electron chi connectivity index (χ2n) is 4.40. The van der Waals surface area contributed by atoms with Gasteiger partial charge in [0.2, 0.25) is 0 Å². The van der Waals surface area contributed by atoms with Crippen LogP contribution in [0.4, 0.5) is 4.39 Å². The molecular weight excluding hydrogens is 347 g/mol. The standard InChI is InChI=1S/C15H9BrClFO2/c16-12-7-9(17)1-3-11(12)15(19)14-6-8-5-10(18)2-4-13(8)20-14/h1-7,15,19H. The quantitative estimate of drug-likeness (QED) is 0.696. The van der Waals surface area contributed by atoms with E-state index in [9.17, 15) is 9.50 Å². The first-order chi connectivity index (χ1) is 9.54. The maximum absolute atomic E-state index is 13.2. The van der Waals surface area contributed by atoms with Crippen molar-refractivity contribution in [3.05, 3.63) is 69.1 Å².